The zero-order chi connectivity index (χ0) is 47.4. The van der Waals surface area contributed by atoms with Crippen LogP contribution in [0.4, 0.5) is 0 Å². The van der Waals surface area contributed by atoms with Gasteiger partial charge in [0.2, 0.25) is 0 Å². The molecule has 0 saturated carbocycles. The van der Waals surface area contributed by atoms with Crippen molar-refractivity contribution in [2.45, 2.75) is 309 Å². The maximum atomic E-state index is 13.7. The Balaban J connectivity index is 4.88. The molecule has 2 atom stereocenters. The lowest BCUT2D eigenvalue weighted by Gasteiger charge is -2.22. The number of hydrogen-bond donors (Lipinski definition) is 2. The second-order valence-corrected chi connectivity index (χ2v) is 21.3. The Kier molecular flexibility index (Phi) is 52.5. The van der Waals surface area contributed by atoms with Gasteiger partial charge in [-0.05, 0) is 26.3 Å². The first-order valence-electron chi connectivity index (χ1n) is 28.9. The summed E-state index contributed by atoms with van der Waals surface area (Å²) in [5, 5.41) is 2.91. The van der Waals surface area contributed by atoms with E-state index in [1.54, 1.807) is 7.05 Å². The topological polar surface area (TPSA) is 103 Å². The molecule has 0 aromatic carbocycles. The molecule has 0 saturated heterocycles. The fourth-order valence-corrected chi connectivity index (χ4v) is 9.76. The van der Waals surface area contributed by atoms with Crippen LogP contribution in [0.3, 0.4) is 0 Å². The Morgan fingerprint density at radius 1 is 0.431 bits per heavy atom. The highest BCUT2D eigenvalue weighted by Gasteiger charge is 2.26. The van der Waals surface area contributed by atoms with Crippen molar-refractivity contribution in [3.63, 3.8) is 0 Å². The smallest absolute Gasteiger partial charge is 0.463 e. The zero-order valence-corrected chi connectivity index (χ0v) is 45.0. The van der Waals surface area contributed by atoms with Crippen LogP contribution in [0.5, 0.6) is 0 Å². The van der Waals surface area contributed by atoms with E-state index in [9.17, 15) is 14.3 Å². The van der Waals surface area contributed by atoms with Crippen molar-refractivity contribution >= 4 is 13.8 Å². The number of likely N-dealkylation sites (N-methyl/N-ethyl adjacent to an activating group) is 1. The van der Waals surface area contributed by atoms with Crippen molar-refractivity contribution in [1.82, 2.24) is 5.32 Å². The first-order valence-corrected chi connectivity index (χ1v) is 30.4. The Morgan fingerprint density at radius 3 is 1.06 bits per heavy atom. The minimum absolute atomic E-state index is 0.0158. The van der Waals surface area contributed by atoms with Crippen LogP contribution in [0.15, 0.2) is 0 Å². The Bertz CT molecular complexity index is 954. The summed E-state index contributed by atoms with van der Waals surface area (Å²) in [6, 6.07) is 0. The lowest BCUT2D eigenvalue weighted by atomic mass is 9.94. The monoisotopic (exact) mass is 944 g/mol. The molecule has 0 rings (SSSR count). The van der Waals surface area contributed by atoms with Gasteiger partial charge in [-0.25, -0.2) is 4.57 Å². The second-order valence-electron chi connectivity index (χ2n) is 19.9. The molecule has 0 aromatic heterocycles. The highest BCUT2D eigenvalue weighted by molar-refractivity contribution is 7.47. The van der Waals surface area contributed by atoms with Gasteiger partial charge in [-0.1, -0.05) is 284 Å². The molecule has 0 aromatic rings. The zero-order valence-electron chi connectivity index (χ0n) is 44.1. The van der Waals surface area contributed by atoms with Crippen molar-refractivity contribution in [2.75, 3.05) is 40.0 Å². The van der Waals surface area contributed by atoms with Gasteiger partial charge in [-0.2, -0.15) is 0 Å². The van der Waals surface area contributed by atoms with Crippen molar-refractivity contribution in [2.24, 2.45) is 5.92 Å². The predicted molar refractivity (Wildman–Crippen MR) is 280 cm³/mol. The summed E-state index contributed by atoms with van der Waals surface area (Å²) in [5.41, 5.74) is 0. The van der Waals surface area contributed by atoms with Gasteiger partial charge in [0.25, 0.3) is 0 Å². The lowest BCUT2D eigenvalue weighted by molar-refractivity contribution is -0.154. The van der Waals surface area contributed by atoms with Gasteiger partial charge in [0, 0.05) is 13.2 Å². The third-order valence-electron chi connectivity index (χ3n) is 13.4. The van der Waals surface area contributed by atoms with Crippen LogP contribution >= 0.6 is 7.82 Å². The van der Waals surface area contributed by atoms with E-state index < -0.39 is 13.9 Å². The van der Waals surface area contributed by atoms with E-state index in [0.29, 0.717) is 13.2 Å². The molecule has 8 nitrogen and oxygen atoms in total. The van der Waals surface area contributed by atoms with E-state index in [2.05, 4.69) is 26.1 Å². The predicted octanol–water partition coefficient (Wildman–Crippen LogP) is 18.1. The molecule has 0 aliphatic rings. The third-order valence-corrected chi connectivity index (χ3v) is 14.4. The first kappa shape index (κ1) is 64.5. The second kappa shape index (κ2) is 52.9. The van der Waals surface area contributed by atoms with E-state index in [4.69, 9.17) is 18.5 Å². The lowest BCUT2D eigenvalue weighted by Crippen LogP contribution is -2.29. The molecule has 0 fully saturated rings. The molecule has 0 aliphatic carbocycles. The normalized spacial score (nSPS) is 13.2. The molecule has 65 heavy (non-hydrogen) atoms. The van der Waals surface area contributed by atoms with Crippen LogP contribution < -0.4 is 5.32 Å². The van der Waals surface area contributed by atoms with E-state index in [-0.39, 0.29) is 31.7 Å². The van der Waals surface area contributed by atoms with Crippen molar-refractivity contribution in [3.8, 4) is 0 Å². The molecule has 1 unspecified atom stereocenters. The minimum Gasteiger partial charge on any atom is -0.463 e. The molecular formula is C56H114NO7P. The fraction of sp³-hybridized carbons (Fsp3) is 0.982. The number of esters is 1. The number of carbonyl (C=O) groups excluding carboxylic acids is 1. The number of unbranched alkanes of at least 4 members (excludes halogenated alkanes) is 39. The number of carbonyl (C=O) groups is 1. The number of rotatable bonds is 56. The number of ether oxygens (including phenoxy) is 2. The molecule has 0 heterocycles. The number of hydrogen-bond acceptors (Lipinski definition) is 7. The summed E-state index contributed by atoms with van der Waals surface area (Å²) in [7, 11) is -2.50. The summed E-state index contributed by atoms with van der Waals surface area (Å²) in [4.78, 5) is 24.0. The maximum Gasteiger partial charge on any atom is 0.472 e. The van der Waals surface area contributed by atoms with Crippen molar-refractivity contribution < 1.29 is 32.8 Å². The van der Waals surface area contributed by atoms with E-state index >= 15 is 0 Å². The Hall–Kier alpha value is -0.500. The largest absolute Gasteiger partial charge is 0.472 e. The van der Waals surface area contributed by atoms with Crippen LogP contribution in [0.25, 0.3) is 0 Å². The quantitative estimate of drug-likeness (QED) is 0.0353. The van der Waals surface area contributed by atoms with Gasteiger partial charge in [-0.15, -0.1) is 0 Å². The van der Waals surface area contributed by atoms with E-state index in [0.717, 1.165) is 51.4 Å². The molecule has 9 heteroatoms. The van der Waals surface area contributed by atoms with Crippen LogP contribution in [0.2, 0.25) is 0 Å². The minimum atomic E-state index is -4.26. The van der Waals surface area contributed by atoms with Crippen molar-refractivity contribution in [1.29, 1.82) is 0 Å². The van der Waals surface area contributed by atoms with Crippen LogP contribution in [-0.2, 0) is 27.9 Å². The van der Waals surface area contributed by atoms with Crippen LogP contribution in [-0.4, -0.2) is 57.0 Å². The number of nitrogens with one attached hydrogen (secondary N) is 1. The van der Waals surface area contributed by atoms with Crippen LogP contribution in [0.1, 0.15) is 303 Å². The average molecular weight is 945 g/mol. The highest BCUT2D eigenvalue weighted by Crippen LogP contribution is 2.43. The fourth-order valence-electron chi connectivity index (χ4n) is 9.01. The van der Waals surface area contributed by atoms with Gasteiger partial charge >= 0.3 is 13.8 Å². The van der Waals surface area contributed by atoms with Crippen molar-refractivity contribution in [3.05, 3.63) is 0 Å². The number of phosphoric ester groups is 1. The molecule has 0 bridgehead atoms. The molecule has 0 radical (unpaired) electrons. The van der Waals surface area contributed by atoms with Gasteiger partial charge < -0.3 is 19.7 Å². The standard InChI is InChI=1S/C56H114NO7P/c1-5-8-11-14-17-20-23-26-29-32-35-38-41-44-47-54(48-45-42-39-36-33-30-27-24-21-18-15-12-9-6-2)56(58)62-52-55(53-64-65(59,60)63-51-49-57-4)61-50-46-43-40-37-34-31-28-25-22-19-16-13-10-7-3/h54-55,57H,5-53H2,1-4H3,(H,59,60)/t55-/m1/s1. The summed E-state index contributed by atoms with van der Waals surface area (Å²) >= 11 is 0. The molecule has 390 valence electrons. The maximum absolute atomic E-state index is 13.7. The van der Waals surface area contributed by atoms with Gasteiger partial charge in [0.1, 0.15) is 12.7 Å². The molecule has 2 N–H and O–H groups in total. The third kappa shape index (κ3) is 49.7. The summed E-state index contributed by atoms with van der Waals surface area (Å²) in [5.74, 6) is -0.275. The number of phosphoric acid groups is 1. The molecular weight excluding hydrogens is 830 g/mol. The first-order chi connectivity index (χ1) is 31.9. The summed E-state index contributed by atoms with van der Waals surface area (Å²) in [6.45, 7) is 7.69. The van der Waals surface area contributed by atoms with E-state index in [1.807, 2.05) is 0 Å². The van der Waals surface area contributed by atoms with Crippen LogP contribution in [0, 0.1) is 5.92 Å². The molecule has 0 amide bonds. The molecule has 0 aliphatic heterocycles. The van der Waals surface area contributed by atoms with E-state index in [1.165, 1.54) is 231 Å². The van der Waals surface area contributed by atoms with Gasteiger partial charge in [0.15, 0.2) is 0 Å². The average Bonchev–Trinajstić information content (AvgIpc) is 3.30. The summed E-state index contributed by atoms with van der Waals surface area (Å²) in [6.07, 6.45) is 56.1. The van der Waals surface area contributed by atoms with Gasteiger partial charge in [-0.3, -0.25) is 13.8 Å². The Morgan fingerprint density at radius 2 is 0.738 bits per heavy atom. The summed E-state index contributed by atoms with van der Waals surface area (Å²) < 4.78 is 35.2. The highest BCUT2D eigenvalue weighted by atomic mass is 31.2. The molecule has 0 spiro atoms. The SMILES string of the molecule is CCCCCCCCCCCCCCCCO[C@H](COC(=O)C(CCCCCCCCCCCCCCCC)CCCCCCCCCCCCCCCC)COP(=O)(O)OCCNC. The van der Waals surface area contributed by atoms with Gasteiger partial charge in [0.05, 0.1) is 19.1 Å². The Labute approximate surface area is 405 Å².